The summed E-state index contributed by atoms with van der Waals surface area (Å²) in [5.41, 5.74) is 6.55. The summed E-state index contributed by atoms with van der Waals surface area (Å²) >= 11 is 0. The van der Waals surface area contributed by atoms with E-state index >= 15 is 0 Å². The minimum Gasteiger partial charge on any atom is -0.497 e. The lowest BCUT2D eigenvalue weighted by Crippen LogP contribution is -2.35. The highest BCUT2D eigenvalue weighted by Gasteiger charge is 2.29. The minimum absolute atomic E-state index is 0. The van der Waals surface area contributed by atoms with Gasteiger partial charge in [-0.05, 0) is 30.5 Å². The Bertz CT molecular complexity index is 425. The molecule has 0 aromatic heterocycles. The summed E-state index contributed by atoms with van der Waals surface area (Å²) in [5, 5.41) is 2.88. The van der Waals surface area contributed by atoms with E-state index in [9.17, 15) is 4.79 Å². The molecule has 0 saturated carbocycles. The second-order valence-electron chi connectivity index (χ2n) is 4.63. The number of halogens is 1. The van der Waals surface area contributed by atoms with Crippen LogP contribution in [0.4, 0.5) is 0 Å². The smallest absolute Gasteiger partial charge is 0.249 e. The Labute approximate surface area is 125 Å². The largest absolute Gasteiger partial charge is 0.497 e. The van der Waals surface area contributed by atoms with E-state index in [2.05, 4.69) is 5.32 Å². The summed E-state index contributed by atoms with van der Waals surface area (Å²) < 4.78 is 10.6. The topological polar surface area (TPSA) is 73.6 Å². The molecule has 1 aliphatic heterocycles. The summed E-state index contributed by atoms with van der Waals surface area (Å²) in [5.74, 6) is 0.742. The molecule has 1 heterocycles. The predicted molar refractivity (Wildman–Crippen MR) is 79.0 cm³/mol. The van der Waals surface area contributed by atoms with Crippen LogP contribution in [0, 0.1) is 0 Å². The number of benzene rings is 1. The van der Waals surface area contributed by atoms with Gasteiger partial charge in [-0.1, -0.05) is 12.1 Å². The van der Waals surface area contributed by atoms with E-state index in [0.717, 1.165) is 24.2 Å². The molecule has 1 saturated heterocycles. The van der Waals surface area contributed by atoms with Gasteiger partial charge >= 0.3 is 0 Å². The maximum absolute atomic E-state index is 11.9. The first-order valence-corrected chi connectivity index (χ1v) is 6.49. The Morgan fingerprint density at radius 2 is 2.10 bits per heavy atom. The molecule has 2 atom stereocenters. The number of nitrogens with one attached hydrogen (secondary N) is 1. The molecule has 0 unspecified atom stereocenters. The van der Waals surface area contributed by atoms with Gasteiger partial charge in [-0.2, -0.15) is 0 Å². The molecule has 2 rings (SSSR count). The highest BCUT2D eigenvalue weighted by molar-refractivity contribution is 5.85. The van der Waals surface area contributed by atoms with E-state index < -0.39 is 0 Å². The highest BCUT2D eigenvalue weighted by atomic mass is 35.5. The van der Waals surface area contributed by atoms with E-state index in [1.807, 2.05) is 24.3 Å². The van der Waals surface area contributed by atoms with E-state index in [-0.39, 0.29) is 30.5 Å². The van der Waals surface area contributed by atoms with Gasteiger partial charge in [0.25, 0.3) is 0 Å². The van der Waals surface area contributed by atoms with Crippen LogP contribution in [0.3, 0.4) is 0 Å². The molecule has 0 aliphatic carbocycles. The van der Waals surface area contributed by atoms with Crippen molar-refractivity contribution in [2.24, 2.45) is 5.73 Å². The standard InChI is InChI=1S/C14H20N2O3.ClH/c1-18-11-4-2-10(3-5-11)9-16-14(17)13-7-6-12(8-15)19-13;/h2-5,12-13H,6-9,15H2,1H3,(H,16,17);1H/t12-,13+;/m1./s1. The summed E-state index contributed by atoms with van der Waals surface area (Å²) in [7, 11) is 1.63. The lowest BCUT2D eigenvalue weighted by Gasteiger charge is -2.12. The number of hydrogen-bond donors (Lipinski definition) is 2. The molecule has 20 heavy (non-hydrogen) atoms. The monoisotopic (exact) mass is 300 g/mol. The number of amides is 1. The summed E-state index contributed by atoms with van der Waals surface area (Å²) in [6.07, 6.45) is 1.27. The molecule has 3 N–H and O–H groups in total. The summed E-state index contributed by atoms with van der Waals surface area (Å²) in [6, 6.07) is 7.60. The third-order valence-electron chi connectivity index (χ3n) is 3.29. The Hall–Kier alpha value is -1.30. The molecule has 0 radical (unpaired) electrons. The van der Waals surface area contributed by atoms with Crippen LogP contribution in [0.5, 0.6) is 5.75 Å². The molecular weight excluding hydrogens is 280 g/mol. The Morgan fingerprint density at radius 3 is 2.65 bits per heavy atom. The van der Waals surface area contributed by atoms with Gasteiger partial charge in [0.2, 0.25) is 5.91 Å². The first-order chi connectivity index (χ1) is 9.22. The van der Waals surface area contributed by atoms with Gasteiger partial charge in [-0.25, -0.2) is 0 Å². The average molecular weight is 301 g/mol. The SMILES string of the molecule is COc1ccc(CNC(=O)[C@@H]2CC[C@H](CN)O2)cc1.Cl. The number of carbonyl (C=O) groups is 1. The van der Waals surface area contributed by atoms with Crippen LogP contribution in [-0.4, -0.2) is 31.8 Å². The zero-order valence-electron chi connectivity index (χ0n) is 11.5. The van der Waals surface area contributed by atoms with Crippen molar-refractivity contribution in [1.82, 2.24) is 5.32 Å². The molecule has 1 aromatic rings. The zero-order chi connectivity index (χ0) is 13.7. The predicted octanol–water partition coefficient (Wildman–Crippen LogP) is 1.24. The Kier molecular flexibility index (Phi) is 6.78. The van der Waals surface area contributed by atoms with Crippen molar-refractivity contribution in [3.8, 4) is 5.75 Å². The van der Waals surface area contributed by atoms with Crippen LogP contribution in [0.15, 0.2) is 24.3 Å². The maximum atomic E-state index is 11.9. The van der Waals surface area contributed by atoms with Crippen molar-refractivity contribution in [3.05, 3.63) is 29.8 Å². The van der Waals surface area contributed by atoms with Crippen molar-refractivity contribution in [2.75, 3.05) is 13.7 Å². The average Bonchev–Trinajstić information content (AvgIpc) is 2.94. The van der Waals surface area contributed by atoms with Crippen LogP contribution in [0.25, 0.3) is 0 Å². The van der Waals surface area contributed by atoms with Gasteiger partial charge in [-0.15, -0.1) is 12.4 Å². The van der Waals surface area contributed by atoms with Crippen molar-refractivity contribution >= 4 is 18.3 Å². The van der Waals surface area contributed by atoms with Crippen molar-refractivity contribution in [2.45, 2.75) is 31.6 Å². The molecular formula is C14H21ClN2O3. The first-order valence-electron chi connectivity index (χ1n) is 6.49. The summed E-state index contributed by atoms with van der Waals surface area (Å²) in [6.45, 7) is 0.970. The van der Waals surface area contributed by atoms with Crippen LogP contribution < -0.4 is 15.8 Å². The molecule has 1 aromatic carbocycles. The molecule has 6 heteroatoms. The fraction of sp³-hybridized carbons (Fsp3) is 0.500. The molecule has 1 aliphatic rings. The quantitative estimate of drug-likeness (QED) is 0.858. The van der Waals surface area contributed by atoms with Crippen LogP contribution >= 0.6 is 12.4 Å². The van der Waals surface area contributed by atoms with Gasteiger partial charge in [-0.3, -0.25) is 4.79 Å². The molecule has 0 spiro atoms. The number of carbonyl (C=O) groups excluding carboxylic acids is 1. The normalized spacial score (nSPS) is 21.1. The van der Waals surface area contributed by atoms with Crippen molar-refractivity contribution < 1.29 is 14.3 Å². The lowest BCUT2D eigenvalue weighted by atomic mass is 10.1. The number of ether oxygens (including phenoxy) is 2. The molecule has 112 valence electrons. The van der Waals surface area contributed by atoms with Gasteiger partial charge < -0.3 is 20.5 Å². The van der Waals surface area contributed by atoms with Crippen LogP contribution in [0.1, 0.15) is 18.4 Å². The Balaban J connectivity index is 0.00000200. The van der Waals surface area contributed by atoms with E-state index in [4.69, 9.17) is 15.2 Å². The van der Waals surface area contributed by atoms with Gasteiger partial charge in [0.15, 0.2) is 0 Å². The molecule has 1 amide bonds. The minimum atomic E-state index is -0.355. The second kappa shape index (κ2) is 8.09. The lowest BCUT2D eigenvalue weighted by molar-refractivity contribution is -0.132. The fourth-order valence-electron chi connectivity index (χ4n) is 2.12. The number of rotatable bonds is 5. The van der Waals surface area contributed by atoms with Crippen LogP contribution in [-0.2, 0) is 16.1 Å². The van der Waals surface area contributed by atoms with Gasteiger partial charge in [0, 0.05) is 13.1 Å². The first kappa shape index (κ1) is 16.8. The van der Waals surface area contributed by atoms with E-state index in [1.54, 1.807) is 7.11 Å². The van der Waals surface area contributed by atoms with Crippen LogP contribution in [0.2, 0.25) is 0 Å². The maximum Gasteiger partial charge on any atom is 0.249 e. The van der Waals surface area contributed by atoms with E-state index in [1.165, 1.54) is 0 Å². The fourth-order valence-corrected chi connectivity index (χ4v) is 2.12. The number of nitrogens with two attached hydrogens (primary N) is 1. The molecule has 5 nitrogen and oxygen atoms in total. The van der Waals surface area contributed by atoms with Crippen molar-refractivity contribution in [3.63, 3.8) is 0 Å². The molecule has 1 fully saturated rings. The summed E-state index contributed by atoms with van der Waals surface area (Å²) in [4.78, 5) is 11.9. The van der Waals surface area contributed by atoms with Gasteiger partial charge in [0.1, 0.15) is 11.9 Å². The van der Waals surface area contributed by atoms with E-state index in [0.29, 0.717) is 13.1 Å². The third-order valence-corrected chi connectivity index (χ3v) is 3.29. The third kappa shape index (κ3) is 4.37. The molecule has 0 bridgehead atoms. The highest BCUT2D eigenvalue weighted by Crippen LogP contribution is 2.19. The van der Waals surface area contributed by atoms with Gasteiger partial charge in [0.05, 0.1) is 13.2 Å². The number of methoxy groups -OCH3 is 1. The second-order valence-corrected chi connectivity index (χ2v) is 4.63. The number of hydrogen-bond acceptors (Lipinski definition) is 4. The zero-order valence-corrected chi connectivity index (χ0v) is 12.3. The Morgan fingerprint density at radius 1 is 1.40 bits per heavy atom. The van der Waals surface area contributed by atoms with Crippen molar-refractivity contribution in [1.29, 1.82) is 0 Å².